The molecular formula is C24H16FN3O3. The Kier molecular flexibility index (Phi) is 7.04. The van der Waals surface area contributed by atoms with E-state index < -0.39 is 11.8 Å². The molecule has 3 aromatic carbocycles. The first kappa shape index (κ1) is 21.2. The van der Waals surface area contributed by atoms with Gasteiger partial charge in [-0.3, -0.25) is 4.79 Å². The molecule has 0 heterocycles. The van der Waals surface area contributed by atoms with Crippen LogP contribution in [-0.2, 0) is 9.53 Å². The zero-order valence-electron chi connectivity index (χ0n) is 16.2. The molecule has 1 amide bonds. The Hall–Kier alpha value is -4.53. The van der Waals surface area contributed by atoms with Gasteiger partial charge in [-0.2, -0.15) is 4.79 Å². The van der Waals surface area contributed by atoms with Crippen molar-refractivity contribution in [2.75, 3.05) is 11.9 Å². The highest BCUT2D eigenvalue weighted by Gasteiger charge is 2.24. The summed E-state index contributed by atoms with van der Waals surface area (Å²) in [6, 6.07) is 20.6. The van der Waals surface area contributed by atoms with E-state index in [0.717, 1.165) is 12.1 Å². The second-order valence-electron chi connectivity index (χ2n) is 6.20. The standard InChI is InChI=1S/C24H16FN3O3/c25-20-14-12-18(13-15-20)22(28-26)24(30)31-16-6-10-17-7-4-5-11-21(17)27-23(29)19-8-2-1-3-9-19/h1-5,7-9,11-15H,16H2,(H,27,29). The van der Waals surface area contributed by atoms with E-state index in [1.807, 2.05) is 6.07 Å². The lowest BCUT2D eigenvalue weighted by molar-refractivity contribution is -0.138. The minimum atomic E-state index is -0.908. The Labute approximate surface area is 177 Å². The summed E-state index contributed by atoms with van der Waals surface area (Å²) < 4.78 is 18.0. The van der Waals surface area contributed by atoms with Gasteiger partial charge in [0.15, 0.2) is 6.61 Å². The van der Waals surface area contributed by atoms with Crippen LogP contribution in [0.1, 0.15) is 21.5 Å². The molecule has 0 atom stereocenters. The van der Waals surface area contributed by atoms with Crippen molar-refractivity contribution in [2.45, 2.75) is 0 Å². The fourth-order valence-electron chi connectivity index (χ4n) is 2.61. The molecule has 0 spiro atoms. The van der Waals surface area contributed by atoms with Gasteiger partial charge in [-0.15, -0.1) is 0 Å². The molecular weight excluding hydrogens is 397 g/mol. The predicted molar refractivity (Wildman–Crippen MR) is 113 cm³/mol. The van der Waals surface area contributed by atoms with E-state index in [1.165, 1.54) is 12.1 Å². The monoisotopic (exact) mass is 413 g/mol. The Morgan fingerprint density at radius 2 is 1.61 bits per heavy atom. The number of benzene rings is 3. The van der Waals surface area contributed by atoms with Gasteiger partial charge in [-0.1, -0.05) is 42.2 Å². The van der Waals surface area contributed by atoms with E-state index >= 15 is 0 Å². The molecule has 0 aliphatic heterocycles. The molecule has 0 unspecified atom stereocenters. The summed E-state index contributed by atoms with van der Waals surface area (Å²) in [4.78, 5) is 27.4. The van der Waals surface area contributed by atoms with Crippen LogP contribution < -0.4 is 5.32 Å². The van der Waals surface area contributed by atoms with E-state index in [0.29, 0.717) is 16.8 Å². The zero-order valence-corrected chi connectivity index (χ0v) is 16.2. The number of hydrogen-bond donors (Lipinski definition) is 1. The highest BCUT2D eigenvalue weighted by molar-refractivity contribution is 6.40. The van der Waals surface area contributed by atoms with Gasteiger partial charge in [0.05, 0.1) is 11.3 Å². The number of hydrogen-bond acceptors (Lipinski definition) is 3. The summed E-state index contributed by atoms with van der Waals surface area (Å²) in [5, 5.41) is 2.80. The molecule has 31 heavy (non-hydrogen) atoms. The number of carbonyl (C=O) groups excluding carboxylic acids is 2. The molecule has 0 aromatic heterocycles. The van der Waals surface area contributed by atoms with Crippen molar-refractivity contribution in [1.29, 1.82) is 0 Å². The highest BCUT2D eigenvalue weighted by atomic mass is 19.1. The Bertz CT molecular complexity index is 1210. The fraction of sp³-hybridized carbons (Fsp3) is 0.0417. The van der Waals surface area contributed by atoms with Gasteiger partial charge >= 0.3 is 11.7 Å². The van der Waals surface area contributed by atoms with Crippen molar-refractivity contribution in [1.82, 2.24) is 0 Å². The average Bonchev–Trinajstić information content (AvgIpc) is 2.80. The maximum atomic E-state index is 13.0. The van der Waals surface area contributed by atoms with Crippen LogP contribution in [0.15, 0.2) is 78.9 Å². The first-order valence-electron chi connectivity index (χ1n) is 9.18. The number of halogens is 1. The van der Waals surface area contributed by atoms with Crippen molar-refractivity contribution in [3.63, 3.8) is 0 Å². The molecule has 3 aromatic rings. The topological polar surface area (TPSA) is 91.8 Å². The van der Waals surface area contributed by atoms with Gasteiger partial charge in [-0.05, 0) is 48.5 Å². The first-order valence-corrected chi connectivity index (χ1v) is 9.18. The zero-order chi connectivity index (χ0) is 22.1. The summed E-state index contributed by atoms with van der Waals surface area (Å²) in [5.74, 6) is 3.85. The minimum Gasteiger partial charge on any atom is -0.444 e. The molecule has 0 saturated carbocycles. The number of carbonyl (C=O) groups is 2. The van der Waals surface area contributed by atoms with Crippen molar-refractivity contribution < 1.29 is 23.5 Å². The molecule has 3 rings (SSSR count). The lowest BCUT2D eigenvalue weighted by atomic mass is 10.1. The van der Waals surface area contributed by atoms with Crippen molar-refractivity contribution >= 4 is 23.3 Å². The first-order chi connectivity index (χ1) is 15.1. The number of amides is 1. The lowest BCUT2D eigenvalue weighted by Crippen LogP contribution is -2.20. The largest absolute Gasteiger partial charge is 0.444 e. The highest BCUT2D eigenvalue weighted by Crippen LogP contribution is 2.15. The molecule has 6 nitrogen and oxygen atoms in total. The van der Waals surface area contributed by atoms with Crippen LogP contribution >= 0.6 is 0 Å². The van der Waals surface area contributed by atoms with Crippen LogP contribution in [0, 0.1) is 17.7 Å². The van der Waals surface area contributed by atoms with Crippen LogP contribution in [0.2, 0.25) is 0 Å². The quantitative estimate of drug-likeness (QED) is 0.227. The summed E-state index contributed by atoms with van der Waals surface area (Å²) in [7, 11) is 0. The van der Waals surface area contributed by atoms with Gasteiger partial charge in [-0.25, -0.2) is 9.18 Å². The third-order valence-electron chi connectivity index (χ3n) is 4.12. The van der Waals surface area contributed by atoms with E-state index in [1.54, 1.807) is 48.5 Å². The minimum absolute atomic E-state index is 0.204. The van der Waals surface area contributed by atoms with E-state index in [-0.39, 0.29) is 23.8 Å². The summed E-state index contributed by atoms with van der Waals surface area (Å²) >= 11 is 0. The van der Waals surface area contributed by atoms with Crippen LogP contribution in [0.3, 0.4) is 0 Å². The second kappa shape index (κ2) is 10.3. The Morgan fingerprint density at radius 1 is 0.935 bits per heavy atom. The Morgan fingerprint density at radius 3 is 2.32 bits per heavy atom. The lowest BCUT2D eigenvalue weighted by Gasteiger charge is -2.07. The van der Waals surface area contributed by atoms with E-state index in [2.05, 4.69) is 21.9 Å². The van der Waals surface area contributed by atoms with Crippen molar-refractivity contribution in [3.8, 4) is 11.8 Å². The number of para-hydroxylation sites is 1. The normalized spacial score (nSPS) is 9.58. The fourth-order valence-corrected chi connectivity index (χ4v) is 2.61. The number of esters is 1. The van der Waals surface area contributed by atoms with Crippen molar-refractivity contribution in [2.24, 2.45) is 0 Å². The number of ether oxygens (including phenoxy) is 1. The summed E-state index contributed by atoms with van der Waals surface area (Å²) in [6.45, 7) is -0.278. The predicted octanol–water partition coefficient (Wildman–Crippen LogP) is 3.69. The summed E-state index contributed by atoms with van der Waals surface area (Å²) in [5.41, 5.74) is 10.5. The molecule has 152 valence electrons. The van der Waals surface area contributed by atoms with Crippen LogP contribution in [0.25, 0.3) is 5.53 Å². The molecule has 0 aliphatic carbocycles. The Balaban J connectivity index is 1.65. The van der Waals surface area contributed by atoms with Crippen LogP contribution in [-0.4, -0.2) is 29.0 Å². The van der Waals surface area contributed by atoms with Gasteiger partial charge < -0.3 is 15.6 Å². The smallest absolute Gasteiger partial charge is 0.423 e. The van der Waals surface area contributed by atoms with E-state index in [9.17, 15) is 14.0 Å². The molecule has 7 heteroatoms. The third kappa shape index (κ3) is 5.73. The van der Waals surface area contributed by atoms with Gasteiger partial charge in [0.1, 0.15) is 5.82 Å². The van der Waals surface area contributed by atoms with Crippen LogP contribution in [0.5, 0.6) is 0 Å². The number of nitrogens with zero attached hydrogens (tertiary/aromatic N) is 2. The maximum absolute atomic E-state index is 13.0. The van der Waals surface area contributed by atoms with E-state index in [4.69, 9.17) is 10.3 Å². The molecule has 0 fully saturated rings. The molecule has 0 radical (unpaired) electrons. The second-order valence-corrected chi connectivity index (χ2v) is 6.20. The molecule has 0 saturated heterocycles. The van der Waals surface area contributed by atoms with Gasteiger partial charge in [0.25, 0.3) is 5.91 Å². The maximum Gasteiger partial charge on any atom is 0.423 e. The molecule has 1 N–H and O–H groups in total. The number of nitrogens with one attached hydrogen (secondary N) is 1. The van der Waals surface area contributed by atoms with Gasteiger partial charge in [0, 0.05) is 11.1 Å². The van der Waals surface area contributed by atoms with Gasteiger partial charge in [0.2, 0.25) is 0 Å². The number of rotatable bonds is 5. The molecule has 0 bridgehead atoms. The van der Waals surface area contributed by atoms with Crippen molar-refractivity contribution in [3.05, 3.63) is 107 Å². The third-order valence-corrected chi connectivity index (χ3v) is 4.12. The summed E-state index contributed by atoms with van der Waals surface area (Å²) in [6.07, 6.45) is 0. The SMILES string of the molecule is [N-]=[N+]=C(C(=O)OCC#Cc1ccccc1NC(=O)c1ccccc1)c1ccc(F)cc1. The molecule has 0 aliphatic rings. The average molecular weight is 413 g/mol. The number of anilines is 1. The van der Waals surface area contributed by atoms with Crippen LogP contribution in [0.4, 0.5) is 10.1 Å².